The average molecular weight is 475 g/mol. The van der Waals surface area contributed by atoms with E-state index in [1.807, 2.05) is 26.8 Å². The van der Waals surface area contributed by atoms with Crippen LogP contribution in [0.4, 0.5) is 0 Å². The van der Waals surface area contributed by atoms with Gasteiger partial charge in [-0.3, -0.25) is 19.2 Å². The van der Waals surface area contributed by atoms with Gasteiger partial charge in [-0.2, -0.15) is 0 Å². The molecule has 2 rings (SSSR count). The van der Waals surface area contributed by atoms with E-state index in [4.69, 9.17) is 0 Å². The molecule has 1 heterocycles. The van der Waals surface area contributed by atoms with Crippen LogP contribution in [0.3, 0.4) is 0 Å². The Hall–Kier alpha value is -2.94. The van der Waals surface area contributed by atoms with Gasteiger partial charge in [-0.1, -0.05) is 19.9 Å². The van der Waals surface area contributed by atoms with Crippen LogP contribution in [0.5, 0.6) is 0 Å². The molecule has 0 fully saturated rings. The molecule has 0 saturated carbocycles. The first kappa shape index (κ1) is 27.3. The van der Waals surface area contributed by atoms with Gasteiger partial charge in [0.2, 0.25) is 17.7 Å². The number of rotatable bonds is 3. The second kappa shape index (κ2) is 12.5. The summed E-state index contributed by atoms with van der Waals surface area (Å²) in [6.45, 7) is 9.42. The Bertz CT molecular complexity index is 899. The third-order valence-corrected chi connectivity index (χ3v) is 5.76. The van der Waals surface area contributed by atoms with E-state index in [9.17, 15) is 24.3 Å². The van der Waals surface area contributed by atoms with Gasteiger partial charge < -0.3 is 26.0 Å². The summed E-state index contributed by atoms with van der Waals surface area (Å²) >= 11 is 0. The molecule has 0 spiro atoms. The Labute approximate surface area is 201 Å². The number of nitrogens with one attached hydrogen (secondary N) is 3. The zero-order valence-electron chi connectivity index (χ0n) is 20.8. The van der Waals surface area contributed by atoms with Crippen LogP contribution in [0.25, 0.3) is 0 Å². The monoisotopic (exact) mass is 474 g/mol. The van der Waals surface area contributed by atoms with E-state index in [-0.39, 0.29) is 37.2 Å². The van der Waals surface area contributed by atoms with Gasteiger partial charge in [0.15, 0.2) is 0 Å². The van der Waals surface area contributed by atoms with Crippen molar-refractivity contribution in [1.29, 1.82) is 0 Å². The molecular formula is C25H38N4O5. The van der Waals surface area contributed by atoms with Crippen LogP contribution in [-0.2, 0) is 20.8 Å². The summed E-state index contributed by atoms with van der Waals surface area (Å²) in [5, 5.41) is 18.4. The predicted molar refractivity (Wildman–Crippen MR) is 129 cm³/mol. The van der Waals surface area contributed by atoms with E-state index in [1.54, 1.807) is 19.1 Å². The normalized spacial score (nSPS) is 21.9. The van der Waals surface area contributed by atoms with E-state index in [0.717, 1.165) is 11.1 Å². The number of hydrogen-bond donors (Lipinski definition) is 4. The number of aryl methyl sites for hydroxylation is 2. The van der Waals surface area contributed by atoms with Gasteiger partial charge in [-0.15, -0.1) is 0 Å². The fraction of sp³-hybridized carbons (Fsp3) is 0.600. The van der Waals surface area contributed by atoms with Crippen molar-refractivity contribution in [1.82, 2.24) is 20.9 Å². The molecule has 188 valence electrons. The van der Waals surface area contributed by atoms with Crippen LogP contribution in [-0.4, -0.2) is 71.5 Å². The summed E-state index contributed by atoms with van der Waals surface area (Å²) in [6.07, 6.45) is 0.479. The molecule has 4 amide bonds. The highest BCUT2D eigenvalue weighted by atomic mass is 16.3. The number of aliphatic hydroxyl groups is 1. The molecule has 9 nitrogen and oxygen atoms in total. The van der Waals surface area contributed by atoms with Gasteiger partial charge in [0.25, 0.3) is 5.91 Å². The molecule has 1 aliphatic heterocycles. The topological polar surface area (TPSA) is 128 Å². The van der Waals surface area contributed by atoms with E-state index in [1.165, 1.54) is 11.8 Å². The van der Waals surface area contributed by atoms with Crippen LogP contribution in [0, 0.1) is 12.8 Å². The largest absolute Gasteiger partial charge is 0.391 e. The van der Waals surface area contributed by atoms with Crippen LogP contribution < -0.4 is 16.0 Å². The summed E-state index contributed by atoms with van der Waals surface area (Å²) in [4.78, 5) is 52.5. The summed E-state index contributed by atoms with van der Waals surface area (Å²) < 4.78 is 0. The second-order valence-corrected chi connectivity index (χ2v) is 9.57. The molecule has 4 N–H and O–H groups in total. The fourth-order valence-corrected chi connectivity index (χ4v) is 3.89. The first-order valence-corrected chi connectivity index (χ1v) is 11.9. The lowest BCUT2D eigenvalue weighted by Gasteiger charge is -2.28. The highest BCUT2D eigenvalue weighted by molar-refractivity contribution is 5.98. The lowest BCUT2D eigenvalue weighted by molar-refractivity contribution is -0.137. The second-order valence-electron chi connectivity index (χ2n) is 9.57. The van der Waals surface area contributed by atoms with Crippen molar-refractivity contribution >= 4 is 23.6 Å². The molecule has 3 atom stereocenters. The number of carbonyl (C=O) groups is 4. The van der Waals surface area contributed by atoms with Crippen molar-refractivity contribution in [3.05, 3.63) is 34.9 Å². The third-order valence-electron chi connectivity index (χ3n) is 5.76. The van der Waals surface area contributed by atoms with Gasteiger partial charge in [-0.05, 0) is 62.8 Å². The van der Waals surface area contributed by atoms with Gasteiger partial charge in [0.05, 0.1) is 12.6 Å². The maximum absolute atomic E-state index is 12.9. The van der Waals surface area contributed by atoms with Gasteiger partial charge >= 0.3 is 0 Å². The number of hydrogen-bond acceptors (Lipinski definition) is 5. The van der Waals surface area contributed by atoms with Gasteiger partial charge in [-0.25, -0.2) is 0 Å². The Morgan fingerprint density at radius 3 is 2.53 bits per heavy atom. The number of benzene rings is 1. The minimum atomic E-state index is -1.17. The maximum Gasteiger partial charge on any atom is 0.252 e. The van der Waals surface area contributed by atoms with E-state index < -0.39 is 30.0 Å². The van der Waals surface area contributed by atoms with Crippen LogP contribution in [0.1, 0.15) is 62.0 Å². The lowest BCUT2D eigenvalue weighted by atomic mass is 10.00. The molecule has 0 aliphatic carbocycles. The average Bonchev–Trinajstić information content (AvgIpc) is 2.74. The van der Waals surface area contributed by atoms with Gasteiger partial charge in [0, 0.05) is 31.1 Å². The number of fused-ring (bicyclic) bond motifs is 2. The lowest BCUT2D eigenvalue weighted by Crippen LogP contribution is -2.56. The summed E-state index contributed by atoms with van der Waals surface area (Å²) in [5.74, 6) is -1.33. The summed E-state index contributed by atoms with van der Waals surface area (Å²) in [6, 6.07) is 3.63. The standard InChI is InChI=1S/C25H38N4O5/c1-15(2)11-22(32)29-13-17(4)27-25(34)23(18(5)30)28-24(33)20-9-8-16(3)19(12-20)7-6-10-26-21(31)14-29/h8-9,12,15,17-18,23,30H,6-7,10-11,13-14H2,1-5H3,(H,26,31)(H,27,34)(H,28,33)/t17-,18-,23+/m1/s1. The quantitative estimate of drug-likeness (QED) is 0.518. The molecule has 2 bridgehead atoms. The molecule has 0 radical (unpaired) electrons. The van der Waals surface area contributed by atoms with Crippen molar-refractivity contribution in [2.45, 2.75) is 72.1 Å². The highest BCUT2D eigenvalue weighted by Gasteiger charge is 2.28. The Balaban J connectivity index is 2.31. The van der Waals surface area contributed by atoms with Crippen molar-refractivity contribution in [3.8, 4) is 0 Å². The van der Waals surface area contributed by atoms with Crippen molar-refractivity contribution in [2.24, 2.45) is 5.92 Å². The smallest absolute Gasteiger partial charge is 0.252 e. The molecule has 1 aromatic carbocycles. The summed E-state index contributed by atoms with van der Waals surface area (Å²) in [5.41, 5.74) is 2.38. The number of nitrogens with zero attached hydrogens (tertiary/aromatic N) is 1. The third kappa shape index (κ3) is 8.13. The molecule has 34 heavy (non-hydrogen) atoms. The van der Waals surface area contributed by atoms with Crippen LogP contribution >= 0.6 is 0 Å². The predicted octanol–water partition coefficient (Wildman–Crippen LogP) is 0.916. The first-order chi connectivity index (χ1) is 16.0. The van der Waals surface area contributed by atoms with Crippen molar-refractivity contribution < 1.29 is 24.3 Å². The molecule has 0 unspecified atom stereocenters. The van der Waals surface area contributed by atoms with Crippen LogP contribution in [0.15, 0.2) is 18.2 Å². The SMILES string of the molecule is Cc1ccc2cc1CCCNC(=O)CN(C(=O)CC(C)C)C[C@@H](C)NC(=O)[C@H]([C@@H](C)O)NC2=O. The maximum atomic E-state index is 12.9. The zero-order valence-corrected chi connectivity index (χ0v) is 20.8. The first-order valence-electron chi connectivity index (χ1n) is 11.9. The zero-order chi connectivity index (χ0) is 25.4. The highest BCUT2D eigenvalue weighted by Crippen LogP contribution is 2.14. The minimum absolute atomic E-state index is 0.100. The molecular weight excluding hydrogens is 436 g/mol. The summed E-state index contributed by atoms with van der Waals surface area (Å²) in [7, 11) is 0. The Kier molecular flexibility index (Phi) is 10.0. The van der Waals surface area contributed by atoms with E-state index >= 15 is 0 Å². The molecule has 1 aliphatic rings. The fourth-order valence-electron chi connectivity index (χ4n) is 3.89. The minimum Gasteiger partial charge on any atom is -0.391 e. The molecule has 9 heteroatoms. The Morgan fingerprint density at radius 1 is 1.18 bits per heavy atom. The number of carbonyl (C=O) groups excluding carboxylic acids is 4. The van der Waals surface area contributed by atoms with Crippen molar-refractivity contribution in [2.75, 3.05) is 19.6 Å². The van der Waals surface area contributed by atoms with E-state index in [2.05, 4.69) is 16.0 Å². The van der Waals surface area contributed by atoms with Crippen molar-refractivity contribution in [3.63, 3.8) is 0 Å². The van der Waals surface area contributed by atoms with Crippen LogP contribution in [0.2, 0.25) is 0 Å². The molecule has 1 aromatic rings. The molecule has 0 saturated heterocycles. The van der Waals surface area contributed by atoms with Gasteiger partial charge in [0.1, 0.15) is 6.04 Å². The van der Waals surface area contributed by atoms with E-state index in [0.29, 0.717) is 24.9 Å². The number of aliphatic hydroxyl groups excluding tert-OH is 1. The molecule has 0 aromatic heterocycles. The Morgan fingerprint density at radius 2 is 1.88 bits per heavy atom. The number of amides is 4.